The van der Waals surface area contributed by atoms with Crippen molar-refractivity contribution in [3.05, 3.63) is 0 Å². The van der Waals surface area contributed by atoms with E-state index in [0.717, 1.165) is 12.5 Å². The highest BCUT2D eigenvalue weighted by Crippen LogP contribution is 2.28. The number of rotatable bonds is 6. The summed E-state index contributed by atoms with van der Waals surface area (Å²) in [5.41, 5.74) is 0. The van der Waals surface area contributed by atoms with Crippen LogP contribution in [0.5, 0.6) is 0 Å². The maximum Gasteiger partial charge on any atom is 0.0700 e. The van der Waals surface area contributed by atoms with Gasteiger partial charge in [0.15, 0.2) is 0 Å². The van der Waals surface area contributed by atoms with E-state index >= 15 is 0 Å². The highest BCUT2D eigenvalue weighted by Gasteiger charge is 2.22. The molecular weight excluding hydrogens is 198 g/mol. The van der Waals surface area contributed by atoms with Crippen LogP contribution in [-0.4, -0.2) is 25.3 Å². The first-order valence-corrected chi connectivity index (χ1v) is 7.21. The van der Waals surface area contributed by atoms with E-state index in [0.29, 0.717) is 12.1 Å². The van der Waals surface area contributed by atoms with Gasteiger partial charge in [-0.2, -0.15) is 0 Å². The molecule has 1 heterocycles. The molecule has 1 saturated carbocycles. The van der Waals surface area contributed by atoms with E-state index < -0.39 is 0 Å². The Labute approximate surface area is 100 Å². The minimum absolute atomic E-state index is 0.426. The lowest BCUT2D eigenvalue weighted by Gasteiger charge is -2.16. The Morgan fingerprint density at radius 1 is 1.12 bits per heavy atom. The van der Waals surface area contributed by atoms with Gasteiger partial charge in [-0.15, -0.1) is 0 Å². The predicted octanol–water partition coefficient (Wildman–Crippen LogP) is 3.11. The van der Waals surface area contributed by atoms with Crippen molar-refractivity contribution in [2.45, 2.75) is 70.4 Å². The minimum atomic E-state index is 0.426. The molecule has 1 N–H and O–H groups in total. The van der Waals surface area contributed by atoms with Gasteiger partial charge in [-0.25, -0.2) is 0 Å². The van der Waals surface area contributed by atoms with Gasteiger partial charge in [0.1, 0.15) is 0 Å². The van der Waals surface area contributed by atoms with Crippen LogP contribution >= 0.6 is 0 Å². The molecule has 94 valence electrons. The summed E-state index contributed by atoms with van der Waals surface area (Å²) in [6, 6.07) is 0.617. The fourth-order valence-electron chi connectivity index (χ4n) is 3.14. The zero-order valence-corrected chi connectivity index (χ0v) is 10.7. The van der Waals surface area contributed by atoms with E-state index in [-0.39, 0.29) is 0 Å². The normalized spacial score (nSPS) is 31.3. The molecule has 1 aliphatic heterocycles. The molecular formula is C14H27NO. The van der Waals surface area contributed by atoms with Crippen molar-refractivity contribution < 1.29 is 4.74 Å². The maximum atomic E-state index is 5.54. The molecule has 0 aromatic rings. The van der Waals surface area contributed by atoms with E-state index in [1.165, 1.54) is 57.9 Å². The third-order valence-electron chi connectivity index (χ3n) is 4.30. The quantitative estimate of drug-likeness (QED) is 0.701. The van der Waals surface area contributed by atoms with Crippen molar-refractivity contribution in [2.75, 3.05) is 13.2 Å². The van der Waals surface area contributed by atoms with Crippen LogP contribution in [0, 0.1) is 5.92 Å². The van der Waals surface area contributed by atoms with Crippen LogP contribution in [0.4, 0.5) is 0 Å². The Morgan fingerprint density at radius 2 is 1.94 bits per heavy atom. The molecule has 0 radical (unpaired) electrons. The summed E-state index contributed by atoms with van der Waals surface area (Å²) in [5, 5.41) is 3.63. The second-order valence-corrected chi connectivity index (χ2v) is 5.57. The molecule has 0 aromatic carbocycles. The molecule has 0 bridgehead atoms. The van der Waals surface area contributed by atoms with Crippen molar-refractivity contribution in [3.8, 4) is 0 Å². The Kier molecular flexibility index (Phi) is 5.11. The molecule has 2 rings (SSSR count). The first-order valence-electron chi connectivity index (χ1n) is 7.21. The standard InChI is InChI=1S/C14H27NO/c1-12-14(9-11-16-12)15-10-5-4-8-13-6-2-3-7-13/h12-15H,2-11H2,1H3. The highest BCUT2D eigenvalue weighted by atomic mass is 16.5. The summed E-state index contributed by atoms with van der Waals surface area (Å²) in [7, 11) is 0. The monoisotopic (exact) mass is 225 g/mol. The zero-order chi connectivity index (χ0) is 11.2. The lowest BCUT2D eigenvalue weighted by molar-refractivity contribution is 0.113. The van der Waals surface area contributed by atoms with E-state index in [2.05, 4.69) is 12.2 Å². The van der Waals surface area contributed by atoms with Crippen LogP contribution < -0.4 is 5.32 Å². The Morgan fingerprint density at radius 3 is 2.62 bits per heavy atom. The van der Waals surface area contributed by atoms with Crippen molar-refractivity contribution in [1.29, 1.82) is 0 Å². The maximum absolute atomic E-state index is 5.54. The fourth-order valence-corrected chi connectivity index (χ4v) is 3.14. The molecule has 1 aliphatic carbocycles. The Bertz CT molecular complexity index is 189. The molecule has 0 aromatic heterocycles. The van der Waals surface area contributed by atoms with Crippen molar-refractivity contribution in [2.24, 2.45) is 5.92 Å². The summed E-state index contributed by atoms with van der Waals surface area (Å²) in [6.45, 7) is 4.31. The first kappa shape index (κ1) is 12.4. The molecule has 0 amide bonds. The number of ether oxygens (including phenoxy) is 1. The van der Waals surface area contributed by atoms with Gasteiger partial charge in [-0.3, -0.25) is 0 Å². The van der Waals surface area contributed by atoms with Gasteiger partial charge in [-0.1, -0.05) is 38.5 Å². The third-order valence-corrected chi connectivity index (χ3v) is 4.30. The van der Waals surface area contributed by atoms with Crippen LogP contribution in [0.2, 0.25) is 0 Å². The summed E-state index contributed by atoms with van der Waals surface area (Å²) >= 11 is 0. The van der Waals surface area contributed by atoms with Crippen LogP contribution in [0.1, 0.15) is 58.3 Å². The van der Waals surface area contributed by atoms with Gasteiger partial charge in [0, 0.05) is 12.6 Å². The molecule has 16 heavy (non-hydrogen) atoms. The zero-order valence-electron chi connectivity index (χ0n) is 10.7. The Balaban J connectivity index is 1.45. The predicted molar refractivity (Wildman–Crippen MR) is 67.6 cm³/mol. The molecule has 2 unspecified atom stereocenters. The molecule has 2 fully saturated rings. The second-order valence-electron chi connectivity index (χ2n) is 5.57. The van der Waals surface area contributed by atoms with Crippen LogP contribution in [-0.2, 0) is 4.74 Å². The molecule has 2 atom stereocenters. The largest absolute Gasteiger partial charge is 0.377 e. The number of nitrogens with one attached hydrogen (secondary N) is 1. The van der Waals surface area contributed by atoms with Gasteiger partial charge >= 0.3 is 0 Å². The lowest BCUT2D eigenvalue weighted by atomic mass is 10.0. The minimum Gasteiger partial charge on any atom is -0.377 e. The van der Waals surface area contributed by atoms with Crippen LogP contribution in [0.25, 0.3) is 0 Å². The smallest absolute Gasteiger partial charge is 0.0700 e. The van der Waals surface area contributed by atoms with Gasteiger partial charge in [0.2, 0.25) is 0 Å². The summed E-state index contributed by atoms with van der Waals surface area (Å²) in [5.74, 6) is 1.06. The lowest BCUT2D eigenvalue weighted by Crippen LogP contribution is -2.35. The molecule has 1 saturated heterocycles. The van der Waals surface area contributed by atoms with E-state index in [1.54, 1.807) is 0 Å². The number of hydrogen-bond donors (Lipinski definition) is 1. The molecule has 2 heteroatoms. The number of hydrogen-bond acceptors (Lipinski definition) is 2. The van der Waals surface area contributed by atoms with Crippen LogP contribution in [0.3, 0.4) is 0 Å². The summed E-state index contributed by atoms with van der Waals surface area (Å²) in [4.78, 5) is 0. The molecule has 2 aliphatic rings. The topological polar surface area (TPSA) is 21.3 Å². The van der Waals surface area contributed by atoms with Gasteiger partial charge in [0.05, 0.1) is 6.10 Å². The molecule has 2 nitrogen and oxygen atoms in total. The third kappa shape index (κ3) is 3.74. The van der Waals surface area contributed by atoms with E-state index in [1.807, 2.05) is 0 Å². The van der Waals surface area contributed by atoms with Gasteiger partial charge in [-0.05, 0) is 32.2 Å². The highest BCUT2D eigenvalue weighted by molar-refractivity contribution is 4.78. The van der Waals surface area contributed by atoms with Gasteiger partial charge < -0.3 is 10.1 Å². The fraction of sp³-hybridized carbons (Fsp3) is 1.00. The van der Waals surface area contributed by atoms with E-state index in [9.17, 15) is 0 Å². The summed E-state index contributed by atoms with van der Waals surface area (Å²) < 4.78 is 5.54. The first-order chi connectivity index (χ1) is 7.86. The van der Waals surface area contributed by atoms with Crippen LogP contribution in [0.15, 0.2) is 0 Å². The number of unbranched alkanes of at least 4 members (excludes halogenated alkanes) is 1. The van der Waals surface area contributed by atoms with Gasteiger partial charge in [0.25, 0.3) is 0 Å². The van der Waals surface area contributed by atoms with Crippen molar-refractivity contribution >= 4 is 0 Å². The van der Waals surface area contributed by atoms with Crippen molar-refractivity contribution in [3.63, 3.8) is 0 Å². The van der Waals surface area contributed by atoms with Crippen molar-refractivity contribution in [1.82, 2.24) is 5.32 Å². The van der Waals surface area contributed by atoms with E-state index in [4.69, 9.17) is 4.74 Å². The molecule has 0 spiro atoms. The summed E-state index contributed by atoms with van der Waals surface area (Å²) in [6.07, 6.45) is 11.8. The average molecular weight is 225 g/mol. The second kappa shape index (κ2) is 6.61. The SMILES string of the molecule is CC1OCCC1NCCCCC1CCCC1. The average Bonchev–Trinajstić information content (AvgIpc) is 2.90. The Hall–Kier alpha value is -0.0800.